The maximum absolute atomic E-state index is 9.90. The summed E-state index contributed by atoms with van der Waals surface area (Å²) in [5.74, 6) is 0. The van der Waals surface area contributed by atoms with Crippen molar-refractivity contribution in [3.63, 3.8) is 0 Å². The molecule has 0 rings (SSSR count). The van der Waals surface area contributed by atoms with Crippen LogP contribution in [0.15, 0.2) is 0 Å². The largest absolute Gasteiger partial charge is 0.397 e. The number of alkyl halides is 1. The molecule has 0 aromatic carbocycles. The van der Waals surface area contributed by atoms with Crippen molar-refractivity contribution in [1.82, 2.24) is 0 Å². The zero-order valence-corrected chi connectivity index (χ0v) is 21.1. The summed E-state index contributed by atoms with van der Waals surface area (Å²) in [6, 6.07) is 0. The average Bonchev–Trinajstić information content (AvgIpc) is 2.54. The van der Waals surface area contributed by atoms with Crippen LogP contribution in [-0.4, -0.2) is 104 Å². The van der Waals surface area contributed by atoms with E-state index < -0.39 is 26.7 Å². The van der Waals surface area contributed by atoms with Gasteiger partial charge in [0.25, 0.3) is 10.2 Å². The minimum absolute atomic E-state index is 0. The number of aliphatic hydroxyl groups is 2. The average molecular weight is 651 g/mol. The predicted octanol–water partition coefficient (Wildman–Crippen LogP) is -1.03. The summed E-state index contributed by atoms with van der Waals surface area (Å²) < 4.78 is 0. The van der Waals surface area contributed by atoms with Crippen molar-refractivity contribution in [1.29, 1.82) is 0 Å². The topological polar surface area (TPSA) is 224 Å². The van der Waals surface area contributed by atoms with E-state index in [0.717, 1.165) is 0 Å². The molecule has 0 heterocycles. The fraction of sp³-hybridized carbons (Fsp3) is 0.667. The summed E-state index contributed by atoms with van der Waals surface area (Å²) in [6.07, 6.45) is 0.376. The van der Waals surface area contributed by atoms with E-state index in [4.69, 9.17) is 38.2 Å². The molecular weight excluding hydrogens is 631 g/mol. The number of halogens is 2. The van der Waals surface area contributed by atoms with Crippen LogP contribution < -0.4 is 0 Å². The molecule has 0 spiro atoms. The maximum Gasteiger partial charge on any atom is 0.294 e. The van der Waals surface area contributed by atoms with E-state index in [9.17, 15) is 24.5 Å². The molecular formula is C12H20AgB4BrClN2O12. The van der Waals surface area contributed by atoms with E-state index in [1.165, 1.54) is 0 Å². The van der Waals surface area contributed by atoms with Gasteiger partial charge < -0.3 is 34.6 Å². The fourth-order valence-corrected chi connectivity index (χ4v) is 0.815. The second-order valence-corrected chi connectivity index (χ2v) is 5.14. The fourth-order valence-electron chi connectivity index (χ4n) is 0.424. The summed E-state index contributed by atoms with van der Waals surface area (Å²) in [4.78, 5) is 59.9. The van der Waals surface area contributed by atoms with Gasteiger partial charge in [-0.1, -0.05) is 27.5 Å². The van der Waals surface area contributed by atoms with E-state index in [1.807, 2.05) is 0 Å². The number of carbonyl (C=O) groups excluding carboxylic acids is 4. The van der Waals surface area contributed by atoms with Crippen molar-refractivity contribution >= 4 is 81.1 Å². The van der Waals surface area contributed by atoms with Crippen LogP contribution in [-0.2, 0) is 41.6 Å². The van der Waals surface area contributed by atoms with Gasteiger partial charge in [-0.05, 0) is 6.92 Å². The van der Waals surface area contributed by atoms with Gasteiger partial charge in [0.05, 0.1) is 17.0 Å². The first-order valence-electron chi connectivity index (χ1n) is 7.73. The standard InChI is InChI=1S/C3H4BBrO.C3H4BNO4.C3H5BO2.C2H6O.CBClO.Ag.HNO3/c4-3(6)1-2-5;4-3(6)1-2-9-5(7)8;4-3(6)1-2-5;1-2-3;2-1(3)4;;2-1(3)4/h1-2H2;1-2H2;5H,1-2H2;3H,2H2,1H3;;;(H,2,3,4). The van der Waals surface area contributed by atoms with Gasteiger partial charge in [0, 0.05) is 60.2 Å². The Kier molecular flexibility index (Phi) is 66.0. The molecule has 0 saturated heterocycles. The number of hydrogen-bond acceptors (Lipinski definition) is 11. The molecule has 0 atom stereocenters. The van der Waals surface area contributed by atoms with Crippen LogP contribution in [0, 0.1) is 20.2 Å². The van der Waals surface area contributed by atoms with E-state index in [0.29, 0.717) is 11.8 Å². The Morgan fingerprint density at radius 3 is 1.30 bits per heavy atom. The van der Waals surface area contributed by atoms with Crippen LogP contribution in [0.2, 0.25) is 0 Å². The second-order valence-electron chi connectivity index (χ2n) is 3.98. The monoisotopic (exact) mass is 649 g/mol. The Hall–Kier alpha value is -1.23. The molecule has 0 amide bonds. The molecule has 0 unspecified atom stereocenters. The van der Waals surface area contributed by atoms with Crippen molar-refractivity contribution in [2.45, 2.75) is 26.2 Å². The maximum atomic E-state index is 9.90. The third kappa shape index (κ3) is 220. The third-order valence-corrected chi connectivity index (χ3v) is 1.64. The van der Waals surface area contributed by atoms with Crippen LogP contribution in [0.3, 0.4) is 0 Å². The van der Waals surface area contributed by atoms with E-state index >= 15 is 0 Å². The number of aliphatic hydroxyl groups excluding tert-OH is 2. The first kappa shape index (κ1) is 49.0. The molecule has 0 bridgehead atoms. The molecule has 0 aliphatic heterocycles. The zero-order valence-electron chi connectivity index (χ0n) is 17.2. The molecule has 33 heavy (non-hydrogen) atoms. The number of carbonyl (C=O) groups is 4. The molecule has 14 nitrogen and oxygen atoms in total. The molecule has 0 aliphatic rings. The van der Waals surface area contributed by atoms with E-state index in [1.54, 1.807) is 6.92 Å². The Balaban J connectivity index is -0.0000000508. The summed E-state index contributed by atoms with van der Waals surface area (Å²) in [5.41, 5.74) is -1.33. The van der Waals surface area contributed by atoms with Gasteiger partial charge in [0.1, 0.15) is 6.61 Å². The molecule has 9 radical (unpaired) electrons. The van der Waals surface area contributed by atoms with Gasteiger partial charge in [-0.2, -0.15) is 0 Å². The minimum atomic E-state index is -1.50. The first-order chi connectivity index (χ1) is 14.5. The van der Waals surface area contributed by atoms with Gasteiger partial charge in [-0.15, -0.1) is 20.2 Å². The Labute approximate surface area is 224 Å². The number of hydrogen-bond donors (Lipinski definition) is 3. The predicted molar refractivity (Wildman–Crippen MR) is 119 cm³/mol. The van der Waals surface area contributed by atoms with Crippen LogP contribution in [0.5, 0.6) is 0 Å². The molecule has 0 saturated carbocycles. The smallest absolute Gasteiger partial charge is 0.294 e. The molecule has 0 aliphatic carbocycles. The van der Waals surface area contributed by atoms with Gasteiger partial charge >= 0.3 is 0 Å². The van der Waals surface area contributed by atoms with Crippen LogP contribution >= 0.6 is 27.5 Å². The quantitative estimate of drug-likeness (QED) is 0.0943. The van der Waals surface area contributed by atoms with E-state index in [2.05, 4.69) is 55.9 Å². The van der Waals surface area contributed by atoms with Crippen molar-refractivity contribution in [3.05, 3.63) is 20.2 Å². The Bertz CT molecular complexity index is 477. The third-order valence-electron chi connectivity index (χ3n) is 1.24. The normalized spacial score (nSPS) is 7.30. The minimum Gasteiger partial charge on any atom is -0.397 e. The van der Waals surface area contributed by atoms with Crippen LogP contribution in [0.4, 0.5) is 4.79 Å². The Morgan fingerprint density at radius 1 is 0.939 bits per heavy atom. The van der Waals surface area contributed by atoms with Crippen molar-refractivity contribution in [3.8, 4) is 0 Å². The van der Waals surface area contributed by atoms with Crippen LogP contribution in [0.25, 0.3) is 0 Å². The second kappa shape index (κ2) is 44.4. The Morgan fingerprint density at radius 2 is 1.21 bits per heavy atom. The molecule has 21 heteroatoms. The summed E-state index contributed by atoms with van der Waals surface area (Å²) in [6.45, 7) is 1.53. The van der Waals surface area contributed by atoms with Gasteiger partial charge in [-0.3, -0.25) is 4.79 Å². The first-order valence-corrected chi connectivity index (χ1v) is 9.23. The van der Waals surface area contributed by atoms with Gasteiger partial charge in [0.2, 0.25) is 0 Å². The molecule has 187 valence electrons. The summed E-state index contributed by atoms with van der Waals surface area (Å²) >= 11 is 7.46. The summed E-state index contributed by atoms with van der Waals surface area (Å²) in [7, 11) is 18.2. The molecule has 0 fully saturated rings. The van der Waals surface area contributed by atoms with Gasteiger partial charge in [0.15, 0.2) is 36.5 Å². The van der Waals surface area contributed by atoms with Gasteiger partial charge in [-0.25, -0.2) is 0 Å². The summed E-state index contributed by atoms with van der Waals surface area (Å²) in [5, 5.41) is 37.4. The zero-order chi connectivity index (χ0) is 27.1. The van der Waals surface area contributed by atoms with E-state index in [-0.39, 0.29) is 60.7 Å². The van der Waals surface area contributed by atoms with Crippen molar-refractivity contribution < 1.29 is 72.0 Å². The molecule has 3 N–H and O–H groups in total. The number of nitrogens with zero attached hydrogens (tertiary/aromatic N) is 2. The SMILES string of the molecule is CCO.O=[N+]([O-])O.[Ag].[B]C(=O)CCBr.[B]C(=O)CCO.[B]C(=O)CCO[N+](=O)[O-].[B]C(=O)Cl. The van der Waals surface area contributed by atoms with Crippen LogP contribution in [0.1, 0.15) is 26.2 Å². The molecule has 0 aromatic heterocycles. The molecule has 0 aromatic rings. The number of rotatable bonds is 8. The van der Waals surface area contributed by atoms with Crippen molar-refractivity contribution in [2.75, 3.05) is 25.2 Å². The van der Waals surface area contributed by atoms with Crippen molar-refractivity contribution in [2.24, 2.45) is 0 Å².